The molecule has 0 N–H and O–H groups in total. The second-order valence-electron chi connectivity index (χ2n) is 7.88. The van der Waals surface area contributed by atoms with Crippen molar-refractivity contribution in [2.45, 2.75) is 26.2 Å². The van der Waals surface area contributed by atoms with Gasteiger partial charge in [-0.25, -0.2) is 0 Å². The highest BCUT2D eigenvalue weighted by molar-refractivity contribution is 9.09. The maximum absolute atomic E-state index is 6.82. The topological polar surface area (TPSA) is 9.23 Å². The summed E-state index contributed by atoms with van der Waals surface area (Å²) in [6.07, 6.45) is 4.25. The van der Waals surface area contributed by atoms with E-state index in [0.29, 0.717) is 0 Å². The van der Waals surface area contributed by atoms with Crippen molar-refractivity contribution in [3.63, 3.8) is 0 Å². The number of allylic oxidation sites excluding steroid dienone is 1. The molecule has 0 heterocycles. The van der Waals surface area contributed by atoms with E-state index in [1.165, 1.54) is 15.9 Å². The average Bonchev–Trinajstić information content (AvgIpc) is 2.71. The quantitative estimate of drug-likeness (QED) is 0.365. The van der Waals surface area contributed by atoms with Gasteiger partial charge in [-0.3, -0.25) is 0 Å². The smallest absolute Gasteiger partial charge is 0.299 e. The molecule has 0 fully saturated rings. The van der Waals surface area contributed by atoms with Gasteiger partial charge < -0.3 is 4.43 Å². The highest BCUT2D eigenvalue weighted by atomic mass is 79.9. The van der Waals surface area contributed by atoms with Crippen LogP contribution in [0.4, 0.5) is 0 Å². The third-order valence-corrected chi connectivity index (χ3v) is 7.56. The van der Waals surface area contributed by atoms with E-state index in [9.17, 15) is 0 Å². The molecule has 144 valence electrons. The molecule has 0 aliphatic heterocycles. The van der Waals surface area contributed by atoms with Crippen LogP contribution >= 0.6 is 15.9 Å². The van der Waals surface area contributed by atoms with Crippen molar-refractivity contribution in [2.75, 3.05) is 5.33 Å². The van der Waals surface area contributed by atoms with Crippen LogP contribution in [-0.4, -0.2) is 14.4 Å². The first-order valence-electron chi connectivity index (χ1n) is 9.62. The lowest BCUT2D eigenvalue weighted by atomic mass is 9.86. The van der Waals surface area contributed by atoms with Crippen LogP contribution in [0.15, 0.2) is 84.9 Å². The highest BCUT2D eigenvalue weighted by Crippen LogP contribution is 2.30. The van der Waals surface area contributed by atoms with Crippen molar-refractivity contribution in [1.29, 1.82) is 0 Å². The first-order valence-corrected chi connectivity index (χ1v) is 12.4. The minimum atomic E-state index is -1.86. The van der Waals surface area contributed by atoms with Gasteiger partial charge in [-0.15, -0.1) is 0 Å². The summed E-state index contributed by atoms with van der Waals surface area (Å²) in [5.74, 6) is 0.967. The maximum atomic E-state index is 6.82. The molecule has 0 aliphatic rings. The Morgan fingerprint density at radius 1 is 0.857 bits per heavy atom. The summed E-state index contributed by atoms with van der Waals surface area (Å²) < 4.78 is 6.82. The summed E-state index contributed by atoms with van der Waals surface area (Å²) in [4.78, 5) is 0. The molecular formula is C25H27BrOSi. The minimum absolute atomic E-state index is 0.0757. The molecule has 0 aliphatic carbocycles. The largest absolute Gasteiger partial charge is 0.537 e. The van der Waals surface area contributed by atoms with Crippen molar-refractivity contribution in [1.82, 2.24) is 0 Å². The van der Waals surface area contributed by atoms with Gasteiger partial charge in [0.2, 0.25) is 0 Å². The van der Waals surface area contributed by atoms with E-state index in [-0.39, 0.29) is 5.41 Å². The second kappa shape index (κ2) is 9.40. The normalized spacial score (nSPS) is 11.9. The lowest BCUT2D eigenvalue weighted by molar-refractivity contribution is 0.565. The molecule has 0 aromatic heterocycles. The van der Waals surface area contributed by atoms with Gasteiger partial charge in [0.05, 0.1) is 0 Å². The van der Waals surface area contributed by atoms with Gasteiger partial charge in [0.25, 0.3) is 9.04 Å². The molecule has 0 saturated carbocycles. The summed E-state index contributed by atoms with van der Waals surface area (Å²) in [6, 6.07) is 27.9. The monoisotopic (exact) mass is 450 g/mol. The molecule has 0 atom stereocenters. The number of benzene rings is 3. The molecule has 3 aromatic carbocycles. The Kier molecular flexibility index (Phi) is 6.92. The van der Waals surface area contributed by atoms with Crippen molar-refractivity contribution in [3.05, 3.63) is 96.1 Å². The molecule has 0 unspecified atom stereocenters. The lowest BCUT2D eigenvalue weighted by Gasteiger charge is -2.24. The lowest BCUT2D eigenvalue weighted by Crippen LogP contribution is -2.47. The Morgan fingerprint density at radius 3 is 1.93 bits per heavy atom. The predicted molar refractivity (Wildman–Crippen MR) is 128 cm³/mol. The van der Waals surface area contributed by atoms with Gasteiger partial charge in [0, 0.05) is 10.9 Å². The Bertz CT molecular complexity index is 875. The third kappa shape index (κ3) is 5.24. The van der Waals surface area contributed by atoms with Crippen molar-refractivity contribution in [3.8, 4) is 5.75 Å². The van der Waals surface area contributed by atoms with E-state index in [2.05, 4.69) is 128 Å². The number of hydrogen-bond donors (Lipinski definition) is 0. The van der Waals surface area contributed by atoms with E-state index in [1.807, 2.05) is 0 Å². The van der Waals surface area contributed by atoms with Crippen molar-refractivity contribution < 1.29 is 4.43 Å². The zero-order valence-corrected chi connectivity index (χ0v) is 19.5. The van der Waals surface area contributed by atoms with Crippen LogP contribution in [0, 0.1) is 0 Å². The van der Waals surface area contributed by atoms with Gasteiger partial charge in [-0.05, 0) is 27.4 Å². The molecule has 3 heteroatoms. The van der Waals surface area contributed by atoms with Crippen LogP contribution in [-0.2, 0) is 5.41 Å². The van der Waals surface area contributed by atoms with E-state index in [1.54, 1.807) is 0 Å². The molecule has 0 saturated heterocycles. The van der Waals surface area contributed by atoms with Gasteiger partial charge in [-0.1, -0.05) is 122 Å². The van der Waals surface area contributed by atoms with Crippen molar-refractivity contribution in [2.24, 2.45) is 0 Å². The molecule has 3 aromatic rings. The van der Waals surface area contributed by atoms with Gasteiger partial charge in [0.1, 0.15) is 5.75 Å². The highest BCUT2D eigenvalue weighted by Gasteiger charge is 2.22. The zero-order valence-electron chi connectivity index (χ0n) is 16.7. The minimum Gasteiger partial charge on any atom is -0.537 e. The van der Waals surface area contributed by atoms with Crippen LogP contribution in [0.5, 0.6) is 5.75 Å². The molecule has 0 radical (unpaired) electrons. The van der Waals surface area contributed by atoms with Crippen LogP contribution in [0.3, 0.4) is 0 Å². The molecule has 1 nitrogen and oxygen atoms in total. The second-order valence-corrected chi connectivity index (χ2v) is 10.9. The van der Waals surface area contributed by atoms with Crippen LogP contribution in [0.2, 0.25) is 0 Å². The SMILES string of the molecule is CC(C)(C)c1ccc(/C=C/CBr)c(O[SiH](c2ccccc2)c2ccccc2)c1. The Labute approximate surface area is 178 Å². The summed E-state index contributed by atoms with van der Waals surface area (Å²) in [5, 5.41) is 3.39. The van der Waals surface area contributed by atoms with E-state index in [0.717, 1.165) is 16.6 Å². The van der Waals surface area contributed by atoms with Crippen LogP contribution < -0.4 is 14.8 Å². The zero-order chi connectivity index (χ0) is 20.0. The Morgan fingerprint density at radius 2 is 1.43 bits per heavy atom. The van der Waals surface area contributed by atoms with E-state index >= 15 is 0 Å². The predicted octanol–water partition coefficient (Wildman–Crippen LogP) is 5.31. The van der Waals surface area contributed by atoms with Crippen LogP contribution in [0.1, 0.15) is 31.9 Å². The number of hydrogen-bond acceptors (Lipinski definition) is 1. The van der Waals surface area contributed by atoms with E-state index in [4.69, 9.17) is 4.43 Å². The summed E-state index contributed by atoms with van der Waals surface area (Å²) in [6.45, 7) is 6.72. The average molecular weight is 451 g/mol. The first kappa shape index (κ1) is 20.6. The number of halogens is 1. The third-order valence-electron chi connectivity index (χ3n) is 4.72. The molecule has 0 amide bonds. The summed E-state index contributed by atoms with van der Waals surface area (Å²) >= 11 is 3.48. The number of rotatable bonds is 6. The van der Waals surface area contributed by atoms with E-state index < -0.39 is 9.04 Å². The summed E-state index contributed by atoms with van der Waals surface area (Å²) in [5.41, 5.74) is 2.48. The molecule has 28 heavy (non-hydrogen) atoms. The Balaban J connectivity index is 2.07. The van der Waals surface area contributed by atoms with Gasteiger partial charge in [0.15, 0.2) is 0 Å². The maximum Gasteiger partial charge on any atom is 0.299 e. The standard InChI is InChI=1S/C25H27BrOSi/c1-25(2,3)21-17-16-20(11-10-18-26)24(19-21)27-28(22-12-6-4-7-13-22)23-14-8-5-9-15-23/h4-17,19,28H,18H2,1-3H3/b11-10+. The fourth-order valence-corrected chi connectivity index (χ4v) is 5.57. The molecular weight excluding hydrogens is 424 g/mol. The molecule has 0 spiro atoms. The first-order chi connectivity index (χ1) is 13.5. The Hall–Kier alpha value is -2.10. The summed E-state index contributed by atoms with van der Waals surface area (Å²) in [7, 11) is -1.86. The molecule has 0 bridgehead atoms. The van der Waals surface area contributed by atoms with Crippen molar-refractivity contribution >= 4 is 41.4 Å². The fraction of sp³-hybridized carbons (Fsp3) is 0.200. The van der Waals surface area contributed by atoms with Gasteiger partial charge in [-0.2, -0.15) is 0 Å². The number of alkyl halides is 1. The fourth-order valence-electron chi connectivity index (χ4n) is 3.12. The van der Waals surface area contributed by atoms with Crippen LogP contribution in [0.25, 0.3) is 6.08 Å². The van der Waals surface area contributed by atoms with Gasteiger partial charge >= 0.3 is 0 Å². The molecule has 3 rings (SSSR count).